The number of rotatable bonds is 5. The number of aryl methyl sites for hydroxylation is 3. The summed E-state index contributed by atoms with van der Waals surface area (Å²) in [5.41, 5.74) is 4.37. The molecule has 4 nitrogen and oxygen atoms in total. The van der Waals surface area contributed by atoms with Crippen molar-refractivity contribution in [1.29, 1.82) is 0 Å². The average molecular weight is 310 g/mol. The number of carbonyl (C=O) groups excluding carboxylic acids is 1. The summed E-state index contributed by atoms with van der Waals surface area (Å²) in [6, 6.07) is 9.96. The van der Waals surface area contributed by atoms with Crippen LogP contribution >= 0.6 is 0 Å². The van der Waals surface area contributed by atoms with Crippen LogP contribution in [-0.2, 0) is 17.8 Å². The van der Waals surface area contributed by atoms with Gasteiger partial charge in [0.05, 0.1) is 0 Å². The van der Waals surface area contributed by atoms with Gasteiger partial charge in [-0.1, -0.05) is 31.2 Å². The maximum atomic E-state index is 11.9. The Morgan fingerprint density at radius 3 is 2.52 bits per heavy atom. The molecule has 0 atom stereocenters. The highest BCUT2D eigenvalue weighted by Crippen LogP contribution is 2.07. The molecule has 1 amide bonds. The number of benzene rings is 1. The Kier molecular flexibility index (Phi) is 5.52. The number of pyridine rings is 1. The summed E-state index contributed by atoms with van der Waals surface area (Å²) in [6.07, 6.45) is 4.24. The minimum Gasteiger partial charge on any atom is -0.348 e. The van der Waals surface area contributed by atoms with E-state index < -0.39 is 0 Å². The van der Waals surface area contributed by atoms with Crippen LogP contribution in [0.5, 0.6) is 0 Å². The highest BCUT2D eigenvalue weighted by atomic mass is 16.1. The lowest BCUT2D eigenvalue weighted by Crippen LogP contribution is -2.26. The first-order valence-corrected chi connectivity index (χ1v) is 7.74. The second-order valence-electron chi connectivity index (χ2n) is 5.59. The molecule has 0 aliphatic heterocycles. The molecule has 1 aromatic heterocycles. The van der Waals surface area contributed by atoms with Crippen LogP contribution in [0.1, 0.15) is 34.9 Å². The molecule has 1 heterocycles. The standard InChI is InChI=1S/C19H22N2O2/c1-4-15-5-7-16(8-6-15)9-10-18(22)20-12-17-13(2)11-14(3)21-19(17)23/h5-11H,4,12H2,1-3H3,(H,20,22)(H,21,23)/b10-9+. The molecule has 1 aromatic carbocycles. The number of hydrogen-bond donors (Lipinski definition) is 2. The van der Waals surface area contributed by atoms with Gasteiger partial charge in [0, 0.05) is 23.9 Å². The Hall–Kier alpha value is -2.62. The lowest BCUT2D eigenvalue weighted by Gasteiger charge is -2.06. The van der Waals surface area contributed by atoms with Crippen LogP contribution in [0.2, 0.25) is 0 Å². The van der Waals surface area contributed by atoms with Crippen molar-refractivity contribution in [2.45, 2.75) is 33.7 Å². The van der Waals surface area contributed by atoms with Gasteiger partial charge in [-0.3, -0.25) is 9.59 Å². The molecule has 2 aromatic rings. The smallest absolute Gasteiger partial charge is 0.253 e. The normalized spacial score (nSPS) is 10.9. The third kappa shape index (κ3) is 4.68. The Morgan fingerprint density at radius 2 is 1.91 bits per heavy atom. The summed E-state index contributed by atoms with van der Waals surface area (Å²) < 4.78 is 0. The van der Waals surface area contributed by atoms with Crippen molar-refractivity contribution in [3.8, 4) is 0 Å². The zero-order valence-corrected chi connectivity index (χ0v) is 13.8. The topological polar surface area (TPSA) is 62.0 Å². The van der Waals surface area contributed by atoms with E-state index in [1.807, 2.05) is 44.2 Å². The minimum atomic E-state index is -0.219. The predicted molar refractivity (Wildman–Crippen MR) is 93.2 cm³/mol. The van der Waals surface area contributed by atoms with Gasteiger partial charge in [-0.15, -0.1) is 0 Å². The summed E-state index contributed by atoms with van der Waals surface area (Å²) >= 11 is 0. The lowest BCUT2D eigenvalue weighted by atomic mass is 10.1. The molecule has 0 radical (unpaired) electrons. The molecular formula is C19H22N2O2. The van der Waals surface area contributed by atoms with Gasteiger partial charge in [0.25, 0.3) is 5.56 Å². The van der Waals surface area contributed by atoms with Gasteiger partial charge in [0.1, 0.15) is 0 Å². The Morgan fingerprint density at radius 1 is 1.22 bits per heavy atom. The van der Waals surface area contributed by atoms with Crippen molar-refractivity contribution in [2.75, 3.05) is 0 Å². The first kappa shape index (κ1) is 16.7. The van der Waals surface area contributed by atoms with E-state index in [-0.39, 0.29) is 18.0 Å². The van der Waals surface area contributed by atoms with Gasteiger partial charge in [-0.2, -0.15) is 0 Å². The summed E-state index contributed by atoms with van der Waals surface area (Å²) in [6.45, 7) is 6.03. The first-order chi connectivity index (χ1) is 11.0. The number of H-pyrrole nitrogens is 1. The van der Waals surface area contributed by atoms with E-state index in [0.29, 0.717) is 5.56 Å². The van der Waals surface area contributed by atoms with E-state index in [1.165, 1.54) is 11.6 Å². The van der Waals surface area contributed by atoms with E-state index in [1.54, 1.807) is 6.08 Å². The molecule has 0 fully saturated rings. The van der Waals surface area contributed by atoms with Crippen molar-refractivity contribution < 1.29 is 4.79 Å². The van der Waals surface area contributed by atoms with E-state index in [9.17, 15) is 9.59 Å². The monoisotopic (exact) mass is 310 g/mol. The van der Waals surface area contributed by atoms with E-state index in [2.05, 4.69) is 17.2 Å². The van der Waals surface area contributed by atoms with Crippen LogP contribution in [0, 0.1) is 13.8 Å². The fraction of sp³-hybridized carbons (Fsp3) is 0.263. The number of nitrogens with one attached hydrogen (secondary N) is 2. The maximum absolute atomic E-state index is 11.9. The number of carbonyl (C=O) groups is 1. The van der Waals surface area contributed by atoms with Crippen LogP contribution in [0.25, 0.3) is 6.08 Å². The van der Waals surface area contributed by atoms with Crippen molar-refractivity contribution in [2.24, 2.45) is 0 Å². The van der Waals surface area contributed by atoms with Crippen molar-refractivity contribution in [3.05, 3.63) is 74.7 Å². The molecule has 2 rings (SSSR count). The Bertz CT molecular complexity index is 771. The molecule has 0 bridgehead atoms. The quantitative estimate of drug-likeness (QED) is 0.834. The van der Waals surface area contributed by atoms with Crippen LogP contribution in [0.15, 0.2) is 41.2 Å². The molecular weight excluding hydrogens is 288 g/mol. The minimum absolute atomic E-state index is 0.151. The fourth-order valence-corrected chi connectivity index (χ4v) is 2.37. The van der Waals surface area contributed by atoms with Gasteiger partial charge >= 0.3 is 0 Å². The van der Waals surface area contributed by atoms with E-state index in [0.717, 1.165) is 23.2 Å². The zero-order valence-electron chi connectivity index (χ0n) is 13.8. The number of aromatic amines is 1. The molecule has 0 spiro atoms. The summed E-state index contributed by atoms with van der Waals surface area (Å²) in [4.78, 5) is 26.5. The van der Waals surface area contributed by atoms with Crippen LogP contribution in [0.3, 0.4) is 0 Å². The van der Waals surface area contributed by atoms with E-state index >= 15 is 0 Å². The first-order valence-electron chi connectivity index (χ1n) is 7.74. The van der Waals surface area contributed by atoms with Crippen molar-refractivity contribution in [1.82, 2.24) is 10.3 Å². The maximum Gasteiger partial charge on any atom is 0.253 e. The van der Waals surface area contributed by atoms with Crippen LogP contribution < -0.4 is 10.9 Å². The lowest BCUT2D eigenvalue weighted by molar-refractivity contribution is -0.116. The molecule has 120 valence electrons. The van der Waals surface area contributed by atoms with Crippen LogP contribution in [0.4, 0.5) is 0 Å². The third-order valence-electron chi connectivity index (χ3n) is 3.75. The van der Waals surface area contributed by atoms with Gasteiger partial charge in [-0.05, 0) is 49.1 Å². The van der Waals surface area contributed by atoms with Crippen LogP contribution in [-0.4, -0.2) is 10.9 Å². The molecule has 0 unspecified atom stereocenters. The highest BCUT2D eigenvalue weighted by Gasteiger charge is 2.06. The number of aromatic nitrogens is 1. The molecule has 0 aliphatic rings. The molecule has 0 aliphatic carbocycles. The summed E-state index contributed by atoms with van der Waals surface area (Å²) in [7, 11) is 0. The number of hydrogen-bond acceptors (Lipinski definition) is 2. The molecule has 4 heteroatoms. The Labute approximate surface area is 136 Å². The molecule has 0 saturated carbocycles. The molecule has 2 N–H and O–H groups in total. The second kappa shape index (κ2) is 7.58. The predicted octanol–water partition coefficient (Wildman–Crippen LogP) is 2.88. The van der Waals surface area contributed by atoms with Gasteiger partial charge in [0.2, 0.25) is 5.91 Å². The van der Waals surface area contributed by atoms with Gasteiger partial charge < -0.3 is 10.3 Å². The van der Waals surface area contributed by atoms with E-state index in [4.69, 9.17) is 0 Å². The largest absolute Gasteiger partial charge is 0.348 e. The Balaban J connectivity index is 1.97. The molecule has 0 saturated heterocycles. The third-order valence-corrected chi connectivity index (χ3v) is 3.75. The SMILES string of the molecule is CCc1ccc(/C=C/C(=O)NCc2c(C)cc(C)[nH]c2=O)cc1. The fourth-order valence-electron chi connectivity index (χ4n) is 2.37. The zero-order chi connectivity index (χ0) is 16.8. The van der Waals surface area contributed by atoms with Crippen molar-refractivity contribution >= 4 is 12.0 Å². The summed E-state index contributed by atoms with van der Waals surface area (Å²) in [5.74, 6) is -0.219. The number of amides is 1. The molecule has 23 heavy (non-hydrogen) atoms. The van der Waals surface area contributed by atoms with Gasteiger partial charge in [-0.25, -0.2) is 0 Å². The average Bonchev–Trinajstić information content (AvgIpc) is 2.52. The summed E-state index contributed by atoms with van der Waals surface area (Å²) in [5, 5.41) is 2.75. The van der Waals surface area contributed by atoms with Gasteiger partial charge in [0.15, 0.2) is 0 Å². The second-order valence-corrected chi connectivity index (χ2v) is 5.59. The van der Waals surface area contributed by atoms with Crippen molar-refractivity contribution in [3.63, 3.8) is 0 Å². The highest BCUT2D eigenvalue weighted by molar-refractivity contribution is 5.91.